The Kier molecular flexibility index (Phi) is 8.87. The molecule has 2 atom stereocenters. The van der Waals surface area contributed by atoms with Crippen molar-refractivity contribution < 1.29 is 27.8 Å². The number of pyridine rings is 1. The predicted octanol–water partition coefficient (Wildman–Crippen LogP) is 5.27. The number of hydrogen-bond donors (Lipinski definition) is 1. The lowest BCUT2D eigenvalue weighted by atomic mass is 9.94. The Balaban J connectivity index is 1.27. The number of piperazine rings is 1. The zero-order valence-corrected chi connectivity index (χ0v) is 28.9. The molecule has 1 aromatic carbocycles. The van der Waals surface area contributed by atoms with E-state index in [0.29, 0.717) is 42.1 Å². The second-order valence-electron chi connectivity index (χ2n) is 13.7. The third-order valence-electron chi connectivity index (χ3n) is 9.45. The van der Waals surface area contributed by atoms with Crippen molar-refractivity contribution in [3.8, 4) is 17.3 Å². The standard InChI is InChI=1S/C34H38F2N8O4S/c1-34(2,3)48-33(45)41-31-20(10-37)26-29(38-12-24(35)30(26)49-31)25-23-17-47-16-22(23)21-11-39-32(40-28(21)27(25)36)44-7-6-18(13-44)43-9-8-42(4)19(14-43)15-46-5/h11-12,18-19H,6-9,13-17H2,1-5H3,(H,41,45)/t18-,19+/m1/s1. The van der Waals surface area contributed by atoms with Gasteiger partial charge in [-0.25, -0.2) is 23.5 Å². The Morgan fingerprint density at radius 1 is 1.16 bits per heavy atom. The molecule has 3 aliphatic heterocycles. The number of benzene rings is 1. The largest absolute Gasteiger partial charge is 0.444 e. The second kappa shape index (κ2) is 13.0. The molecule has 1 N–H and O–H groups in total. The van der Waals surface area contributed by atoms with Gasteiger partial charge in [0.1, 0.15) is 22.2 Å². The van der Waals surface area contributed by atoms with Gasteiger partial charge in [-0.05, 0) is 45.4 Å². The van der Waals surface area contributed by atoms with Gasteiger partial charge < -0.3 is 19.1 Å². The number of nitriles is 1. The number of nitrogens with one attached hydrogen (secondary N) is 1. The number of likely N-dealkylation sites (N-methyl/N-ethyl adjacent to an activating group) is 1. The van der Waals surface area contributed by atoms with Crippen molar-refractivity contribution in [2.45, 2.75) is 58.1 Å². The first-order chi connectivity index (χ1) is 23.5. The number of rotatable bonds is 6. The van der Waals surface area contributed by atoms with Gasteiger partial charge in [-0.15, -0.1) is 11.3 Å². The summed E-state index contributed by atoms with van der Waals surface area (Å²) >= 11 is 0.866. The van der Waals surface area contributed by atoms with Crippen LogP contribution in [0.2, 0.25) is 0 Å². The summed E-state index contributed by atoms with van der Waals surface area (Å²) in [5.74, 6) is -0.929. The van der Waals surface area contributed by atoms with Gasteiger partial charge in [-0.3, -0.25) is 20.1 Å². The number of fused-ring (bicyclic) bond motifs is 4. The number of methoxy groups -OCH3 is 1. The molecular weight excluding hydrogens is 654 g/mol. The molecule has 1 amide bonds. The number of carbonyl (C=O) groups is 1. The van der Waals surface area contributed by atoms with Crippen LogP contribution >= 0.6 is 11.3 Å². The van der Waals surface area contributed by atoms with E-state index < -0.39 is 23.3 Å². The number of anilines is 2. The van der Waals surface area contributed by atoms with Crippen LogP contribution in [0.25, 0.3) is 32.2 Å². The van der Waals surface area contributed by atoms with Crippen molar-refractivity contribution in [3.63, 3.8) is 0 Å². The molecule has 49 heavy (non-hydrogen) atoms. The molecule has 0 unspecified atom stereocenters. The highest BCUT2D eigenvalue weighted by Gasteiger charge is 2.35. The van der Waals surface area contributed by atoms with Crippen LogP contribution in [0.1, 0.15) is 43.9 Å². The topological polar surface area (TPSA) is 129 Å². The quantitative estimate of drug-likeness (QED) is 0.284. The van der Waals surface area contributed by atoms with E-state index in [2.05, 4.69) is 43.1 Å². The van der Waals surface area contributed by atoms with Crippen molar-refractivity contribution in [3.05, 3.63) is 40.7 Å². The van der Waals surface area contributed by atoms with Crippen LogP contribution in [0.3, 0.4) is 0 Å². The molecule has 0 spiro atoms. The molecule has 0 bridgehead atoms. The number of amides is 1. The third kappa shape index (κ3) is 6.16. The number of ether oxygens (including phenoxy) is 3. The number of halogens is 2. The normalized spacial score (nSPS) is 20.2. The monoisotopic (exact) mass is 692 g/mol. The molecule has 0 saturated carbocycles. The van der Waals surface area contributed by atoms with E-state index in [-0.39, 0.29) is 50.6 Å². The van der Waals surface area contributed by atoms with Crippen LogP contribution in [-0.4, -0.2) is 102 Å². The molecule has 2 fully saturated rings. The summed E-state index contributed by atoms with van der Waals surface area (Å²) in [6.45, 7) is 10.4. The molecule has 0 aliphatic carbocycles. The Morgan fingerprint density at radius 3 is 2.71 bits per heavy atom. The number of thiophene rings is 1. The summed E-state index contributed by atoms with van der Waals surface area (Å²) in [5.41, 5.74) is 0.697. The fourth-order valence-corrected chi connectivity index (χ4v) is 8.09. The van der Waals surface area contributed by atoms with Crippen LogP contribution in [0.5, 0.6) is 0 Å². The van der Waals surface area contributed by atoms with E-state index in [1.54, 1.807) is 34.1 Å². The maximum absolute atomic E-state index is 17.0. The molecule has 3 aromatic heterocycles. The van der Waals surface area contributed by atoms with Crippen LogP contribution in [-0.2, 0) is 27.4 Å². The minimum atomic E-state index is -0.799. The van der Waals surface area contributed by atoms with Crippen molar-refractivity contribution >= 4 is 49.4 Å². The van der Waals surface area contributed by atoms with E-state index in [9.17, 15) is 10.1 Å². The van der Waals surface area contributed by atoms with Gasteiger partial charge in [0.05, 0.1) is 42.0 Å². The lowest BCUT2D eigenvalue weighted by Crippen LogP contribution is -2.56. The summed E-state index contributed by atoms with van der Waals surface area (Å²) in [4.78, 5) is 33.3. The van der Waals surface area contributed by atoms with Crippen LogP contribution in [0, 0.1) is 23.0 Å². The van der Waals surface area contributed by atoms with E-state index in [1.165, 1.54) is 0 Å². The summed E-state index contributed by atoms with van der Waals surface area (Å²) in [6.07, 6.45) is 2.79. The van der Waals surface area contributed by atoms with Gasteiger partial charge in [0.25, 0.3) is 0 Å². The summed E-state index contributed by atoms with van der Waals surface area (Å²) < 4.78 is 48.9. The first kappa shape index (κ1) is 33.4. The molecule has 6 heterocycles. The third-order valence-corrected chi connectivity index (χ3v) is 10.6. The highest BCUT2D eigenvalue weighted by atomic mass is 32.1. The molecule has 15 heteroatoms. The zero-order valence-electron chi connectivity index (χ0n) is 28.1. The van der Waals surface area contributed by atoms with Crippen molar-refractivity contribution in [1.29, 1.82) is 5.26 Å². The Labute approximate surface area is 286 Å². The number of carbonyl (C=O) groups excluding carboxylic acids is 1. The Morgan fingerprint density at radius 2 is 1.96 bits per heavy atom. The molecular formula is C34H38F2N8O4S. The van der Waals surface area contributed by atoms with E-state index in [0.717, 1.165) is 55.7 Å². The van der Waals surface area contributed by atoms with Gasteiger partial charge in [-0.2, -0.15) is 5.26 Å². The molecule has 2 saturated heterocycles. The number of aromatic nitrogens is 3. The Hall–Kier alpha value is -4.07. The maximum atomic E-state index is 17.0. The highest BCUT2D eigenvalue weighted by Crippen LogP contribution is 2.46. The summed E-state index contributed by atoms with van der Waals surface area (Å²) in [5, 5.41) is 13.5. The predicted molar refractivity (Wildman–Crippen MR) is 182 cm³/mol. The zero-order chi connectivity index (χ0) is 34.6. The van der Waals surface area contributed by atoms with Crippen molar-refractivity contribution in [1.82, 2.24) is 24.8 Å². The van der Waals surface area contributed by atoms with E-state index >= 15 is 8.78 Å². The summed E-state index contributed by atoms with van der Waals surface area (Å²) in [7, 11) is 3.85. The molecule has 0 radical (unpaired) electrons. The average molecular weight is 693 g/mol. The lowest BCUT2D eigenvalue weighted by molar-refractivity contribution is 0.0260. The van der Waals surface area contributed by atoms with E-state index in [4.69, 9.17) is 19.2 Å². The molecule has 3 aliphatic rings. The first-order valence-electron chi connectivity index (χ1n) is 16.2. The van der Waals surface area contributed by atoms with Crippen molar-refractivity contribution in [2.24, 2.45) is 0 Å². The molecule has 12 nitrogen and oxygen atoms in total. The van der Waals surface area contributed by atoms with E-state index in [1.807, 2.05) is 0 Å². The van der Waals surface area contributed by atoms with Gasteiger partial charge >= 0.3 is 6.09 Å². The molecule has 7 rings (SSSR count). The van der Waals surface area contributed by atoms with Gasteiger partial charge in [0, 0.05) is 74.5 Å². The lowest BCUT2D eigenvalue weighted by Gasteiger charge is -2.41. The maximum Gasteiger partial charge on any atom is 0.412 e. The number of nitrogens with zero attached hydrogens (tertiary/aromatic N) is 7. The smallest absolute Gasteiger partial charge is 0.412 e. The first-order valence-corrected chi connectivity index (χ1v) is 17.1. The fourth-order valence-electron chi connectivity index (χ4n) is 7.05. The fraction of sp³-hybridized carbons (Fsp3) is 0.500. The van der Waals surface area contributed by atoms with Gasteiger partial charge in [-0.1, -0.05) is 0 Å². The molecule has 4 aromatic rings. The minimum Gasteiger partial charge on any atom is -0.444 e. The molecule has 258 valence electrons. The van der Waals surface area contributed by atoms with Crippen LogP contribution < -0.4 is 10.2 Å². The van der Waals surface area contributed by atoms with Gasteiger partial charge in [0.15, 0.2) is 11.6 Å². The summed E-state index contributed by atoms with van der Waals surface area (Å²) in [6, 6.07) is 2.70. The SMILES string of the molecule is COC[C@@H]1CN([C@@H]2CCN(c3ncc4c5c(c(-c6ncc(F)c7sc(NC(=O)OC(C)(C)C)c(C#N)c67)c(F)c4n3)COC5)C2)CCN1C. The highest BCUT2D eigenvalue weighted by molar-refractivity contribution is 7.23. The van der Waals surface area contributed by atoms with Crippen LogP contribution in [0.15, 0.2) is 12.4 Å². The second-order valence-corrected chi connectivity index (χ2v) is 14.8. The minimum absolute atomic E-state index is 0.0387. The Bertz CT molecular complexity index is 1990. The van der Waals surface area contributed by atoms with Gasteiger partial charge in [0.2, 0.25) is 5.95 Å². The average Bonchev–Trinajstić information content (AvgIpc) is 3.82. The van der Waals surface area contributed by atoms with Crippen molar-refractivity contribution in [2.75, 3.05) is 63.7 Å². The van der Waals surface area contributed by atoms with Crippen LogP contribution in [0.4, 0.5) is 24.5 Å². The number of hydrogen-bond acceptors (Lipinski definition) is 12.